The average molecular weight is 334 g/mol. The van der Waals surface area contributed by atoms with Crippen LogP contribution >= 0.6 is 27.3 Å². The number of rotatable bonds is 5. The molecule has 0 unspecified atom stereocenters. The van der Waals surface area contributed by atoms with E-state index in [1.165, 1.54) is 11.3 Å². The first-order chi connectivity index (χ1) is 8.31. The van der Waals surface area contributed by atoms with Gasteiger partial charge < -0.3 is 10.4 Å². The highest BCUT2D eigenvalue weighted by atomic mass is 79.9. The van der Waals surface area contributed by atoms with E-state index in [9.17, 15) is 9.59 Å². The van der Waals surface area contributed by atoms with Gasteiger partial charge in [0.25, 0.3) is 5.91 Å². The van der Waals surface area contributed by atoms with Crippen LogP contribution in [0.1, 0.15) is 35.5 Å². The summed E-state index contributed by atoms with van der Waals surface area (Å²) in [4.78, 5) is 23.5. The highest BCUT2D eigenvalue weighted by Gasteiger charge is 2.22. The fourth-order valence-electron chi connectivity index (χ4n) is 1.49. The van der Waals surface area contributed by atoms with E-state index in [1.807, 2.05) is 20.8 Å². The molecule has 18 heavy (non-hydrogen) atoms. The molecule has 1 amide bonds. The molecule has 0 spiro atoms. The van der Waals surface area contributed by atoms with Crippen molar-refractivity contribution in [2.75, 3.05) is 0 Å². The summed E-state index contributed by atoms with van der Waals surface area (Å²) in [6.07, 6.45) is 0.423. The highest BCUT2D eigenvalue weighted by Crippen LogP contribution is 2.27. The van der Waals surface area contributed by atoms with Crippen molar-refractivity contribution in [1.82, 2.24) is 5.32 Å². The summed E-state index contributed by atoms with van der Waals surface area (Å²) in [5.74, 6) is -1.12. The molecule has 1 atom stereocenters. The molecule has 2 N–H and O–H groups in total. The molecule has 0 fully saturated rings. The third-order valence-electron chi connectivity index (χ3n) is 2.39. The zero-order valence-electron chi connectivity index (χ0n) is 10.5. The largest absolute Gasteiger partial charge is 0.480 e. The Labute approximate surface area is 119 Å². The SMILES string of the molecule is Cc1cc(C(=O)N[C@@H](CC(C)C)C(=O)O)sc1Br. The van der Waals surface area contributed by atoms with Crippen molar-refractivity contribution >= 4 is 39.1 Å². The van der Waals surface area contributed by atoms with E-state index in [2.05, 4.69) is 21.2 Å². The number of carboxylic acid groups (broad SMARTS) is 1. The number of halogens is 1. The maximum absolute atomic E-state index is 11.9. The monoisotopic (exact) mass is 333 g/mol. The summed E-state index contributed by atoms with van der Waals surface area (Å²) in [6, 6.07) is 0.914. The molecule has 0 saturated heterocycles. The lowest BCUT2D eigenvalue weighted by Crippen LogP contribution is -2.41. The Morgan fingerprint density at radius 3 is 2.50 bits per heavy atom. The molecule has 1 aromatic rings. The molecule has 100 valence electrons. The van der Waals surface area contributed by atoms with Gasteiger partial charge in [-0.25, -0.2) is 4.79 Å². The number of hydrogen-bond acceptors (Lipinski definition) is 3. The van der Waals surface area contributed by atoms with Crippen LogP contribution in [0.4, 0.5) is 0 Å². The fourth-order valence-corrected chi connectivity index (χ4v) is 2.93. The van der Waals surface area contributed by atoms with Gasteiger partial charge in [-0.05, 0) is 46.8 Å². The second-order valence-electron chi connectivity index (χ2n) is 4.56. The molecule has 4 nitrogen and oxygen atoms in total. The molecule has 1 heterocycles. The van der Waals surface area contributed by atoms with Gasteiger partial charge in [0.2, 0.25) is 0 Å². The predicted octanol–water partition coefficient (Wildman–Crippen LogP) is 3.05. The Bertz CT molecular complexity index is 437. The Morgan fingerprint density at radius 1 is 1.50 bits per heavy atom. The molecular formula is C12H16BrNO3S. The van der Waals surface area contributed by atoms with Crippen molar-refractivity contribution in [3.05, 3.63) is 20.3 Å². The first kappa shape index (κ1) is 15.2. The Hall–Kier alpha value is -0.880. The molecule has 0 aliphatic heterocycles. The van der Waals surface area contributed by atoms with E-state index in [-0.39, 0.29) is 11.8 Å². The molecule has 1 aromatic heterocycles. The molecule has 1 rings (SSSR count). The lowest BCUT2D eigenvalue weighted by atomic mass is 10.0. The lowest BCUT2D eigenvalue weighted by molar-refractivity contribution is -0.139. The first-order valence-corrected chi connectivity index (χ1v) is 7.21. The van der Waals surface area contributed by atoms with Crippen LogP contribution in [0.5, 0.6) is 0 Å². The van der Waals surface area contributed by atoms with Crippen molar-refractivity contribution < 1.29 is 14.7 Å². The van der Waals surface area contributed by atoms with Gasteiger partial charge >= 0.3 is 5.97 Å². The number of carbonyl (C=O) groups excluding carboxylic acids is 1. The summed E-state index contributed by atoms with van der Waals surface area (Å²) in [5.41, 5.74) is 0.973. The maximum Gasteiger partial charge on any atom is 0.326 e. The molecular weight excluding hydrogens is 318 g/mol. The molecule has 0 aliphatic rings. The van der Waals surface area contributed by atoms with Crippen LogP contribution in [0.2, 0.25) is 0 Å². The number of aryl methyl sites for hydroxylation is 1. The predicted molar refractivity (Wildman–Crippen MR) is 75.1 cm³/mol. The van der Waals surface area contributed by atoms with Crippen molar-refractivity contribution in [3.8, 4) is 0 Å². The van der Waals surface area contributed by atoms with E-state index in [0.717, 1.165) is 9.35 Å². The van der Waals surface area contributed by atoms with Gasteiger partial charge in [-0.3, -0.25) is 4.79 Å². The molecule has 0 saturated carbocycles. The van der Waals surface area contributed by atoms with Crippen LogP contribution in [-0.2, 0) is 4.79 Å². The van der Waals surface area contributed by atoms with Crippen LogP contribution in [-0.4, -0.2) is 23.0 Å². The number of aliphatic carboxylic acids is 1. The second kappa shape index (κ2) is 6.33. The minimum atomic E-state index is -0.996. The number of hydrogen-bond donors (Lipinski definition) is 2. The number of amides is 1. The number of nitrogens with one attached hydrogen (secondary N) is 1. The van der Waals surface area contributed by atoms with E-state index in [0.29, 0.717) is 11.3 Å². The van der Waals surface area contributed by atoms with Crippen LogP contribution in [0.3, 0.4) is 0 Å². The van der Waals surface area contributed by atoms with Gasteiger partial charge in [0, 0.05) is 0 Å². The quantitative estimate of drug-likeness (QED) is 0.870. The van der Waals surface area contributed by atoms with Crippen LogP contribution in [0, 0.1) is 12.8 Å². The number of thiophene rings is 1. The van der Waals surface area contributed by atoms with Gasteiger partial charge in [0.1, 0.15) is 6.04 Å². The zero-order chi connectivity index (χ0) is 13.9. The van der Waals surface area contributed by atoms with Crippen molar-refractivity contribution in [1.29, 1.82) is 0 Å². The number of carbonyl (C=O) groups is 2. The third-order valence-corrected chi connectivity index (χ3v) is 4.53. The van der Waals surface area contributed by atoms with Gasteiger partial charge in [0.15, 0.2) is 0 Å². The average Bonchev–Trinajstić information content (AvgIpc) is 2.57. The maximum atomic E-state index is 11.9. The Balaban J connectivity index is 2.75. The van der Waals surface area contributed by atoms with E-state index >= 15 is 0 Å². The summed E-state index contributed by atoms with van der Waals surface area (Å²) in [6.45, 7) is 5.74. The smallest absolute Gasteiger partial charge is 0.326 e. The second-order valence-corrected chi connectivity index (χ2v) is 6.93. The normalized spacial score (nSPS) is 12.5. The van der Waals surface area contributed by atoms with Crippen molar-refractivity contribution in [2.45, 2.75) is 33.2 Å². The Kier molecular flexibility index (Phi) is 5.34. The van der Waals surface area contributed by atoms with Crippen LogP contribution in [0.25, 0.3) is 0 Å². The highest BCUT2D eigenvalue weighted by molar-refractivity contribution is 9.11. The van der Waals surface area contributed by atoms with Crippen molar-refractivity contribution in [2.24, 2.45) is 5.92 Å². The van der Waals surface area contributed by atoms with Crippen LogP contribution < -0.4 is 5.32 Å². The van der Waals surface area contributed by atoms with Gasteiger partial charge in [-0.1, -0.05) is 13.8 Å². The number of carboxylic acids is 1. The molecule has 0 bridgehead atoms. The summed E-state index contributed by atoms with van der Waals surface area (Å²) in [7, 11) is 0. The van der Waals surface area contributed by atoms with Gasteiger partial charge in [0.05, 0.1) is 8.66 Å². The summed E-state index contributed by atoms with van der Waals surface area (Å²) in [5, 5.41) is 11.6. The first-order valence-electron chi connectivity index (χ1n) is 5.60. The van der Waals surface area contributed by atoms with E-state index in [4.69, 9.17) is 5.11 Å². The minimum absolute atomic E-state index is 0.211. The van der Waals surface area contributed by atoms with Crippen LogP contribution in [0.15, 0.2) is 9.85 Å². The van der Waals surface area contributed by atoms with Crippen molar-refractivity contribution in [3.63, 3.8) is 0 Å². The topological polar surface area (TPSA) is 66.4 Å². The summed E-state index contributed by atoms with van der Waals surface area (Å²) >= 11 is 4.65. The molecule has 6 heteroatoms. The van der Waals surface area contributed by atoms with E-state index < -0.39 is 12.0 Å². The molecule has 0 radical (unpaired) electrons. The lowest BCUT2D eigenvalue weighted by Gasteiger charge is -2.15. The third kappa shape index (κ3) is 4.10. The standard InChI is InChI=1S/C12H16BrNO3S/c1-6(2)4-8(12(16)17)14-11(15)9-5-7(3)10(13)18-9/h5-6,8H,4H2,1-3H3,(H,14,15)(H,16,17)/t8-/m0/s1. The Morgan fingerprint density at radius 2 is 2.11 bits per heavy atom. The molecule has 0 aromatic carbocycles. The van der Waals surface area contributed by atoms with Gasteiger partial charge in [-0.15, -0.1) is 11.3 Å². The summed E-state index contributed by atoms with van der Waals surface area (Å²) < 4.78 is 0.892. The zero-order valence-corrected chi connectivity index (χ0v) is 12.9. The van der Waals surface area contributed by atoms with E-state index in [1.54, 1.807) is 6.07 Å². The molecule has 0 aliphatic carbocycles. The minimum Gasteiger partial charge on any atom is -0.480 e. The van der Waals surface area contributed by atoms with Gasteiger partial charge in [-0.2, -0.15) is 0 Å². The fraction of sp³-hybridized carbons (Fsp3) is 0.500.